The van der Waals surface area contributed by atoms with Crippen molar-refractivity contribution in [2.45, 2.75) is 25.3 Å². The van der Waals surface area contributed by atoms with Crippen LogP contribution in [0.25, 0.3) is 0 Å². The maximum Gasteiger partial charge on any atom is 0.0688 e. The van der Waals surface area contributed by atoms with Crippen LogP contribution >= 0.6 is 11.6 Å². The summed E-state index contributed by atoms with van der Waals surface area (Å²) < 4.78 is 0. The predicted octanol–water partition coefficient (Wildman–Crippen LogP) is 4.29. The monoisotopic (exact) mass is 301 g/mol. The van der Waals surface area contributed by atoms with E-state index in [2.05, 4.69) is 22.4 Å². The van der Waals surface area contributed by atoms with E-state index >= 15 is 0 Å². The summed E-state index contributed by atoms with van der Waals surface area (Å²) in [6.07, 6.45) is 5.31. The fourth-order valence-electron chi connectivity index (χ4n) is 2.91. The van der Waals surface area contributed by atoms with Crippen LogP contribution in [0.2, 0.25) is 5.02 Å². The Labute approximate surface area is 131 Å². The summed E-state index contributed by atoms with van der Waals surface area (Å²) >= 11 is 6.35. The van der Waals surface area contributed by atoms with Crippen molar-refractivity contribution < 1.29 is 0 Å². The van der Waals surface area contributed by atoms with E-state index in [9.17, 15) is 0 Å². The largest absolute Gasteiger partial charge is 0.377 e. The van der Waals surface area contributed by atoms with Gasteiger partial charge in [0, 0.05) is 26.0 Å². The topological polar surface area (TPSA) is 28.2 Å². The van der Waals surface area contributed by atoms with E-state index in [0.717, 1.165) is 29.2 Å². The lowest BCUT2D eigenvalue weighted by Crippen LogP contribution is -2.19. The summed E-state index contributed by atoms with van der Waals surface area (Å²) in [4.78, 5) is 6.58. The van der Waals surface area contributed by atoms with Crippen LogP contribution in [-0.4, -0.2) is 19.1 Å². The van der Waals surface area contributed by atoms with Crippen molar-refractivity contribution in [3.8, 4) is 0 Å². The number of anilines is 2. The highest BCUT2D eigenvalue weighted by Gasteiger charge is 2.21. The Morgan fingerprint density at radius 1 is 1.29 bits per heavy atom. The Balaban J connectivity index is 1.83. The van der Waals surface area contributed by atoms with Gasteiger partial charge in [0.2, 0.25) is 0 Å². The van der Waals surface area contributed by atoms with Crippen LogP contribution in [0, 0.1) is 0 Å². The smallest absolute Gasteiger partial charge is 0.0688 e. The number of nitrogens with zero attached hydrogens (tertiary/aromatic N) is 2. The molecule has 110 valence electrons. The van der Waals surface area contributed by atoms with E-state index in [1.165, 1.54) is 17.7 Å². The fraction of sp³-hybridized carbons (Fsp3) is 0.353. The maximum atomic E-state index is 6.35. The molecule has 1 atom stereocenters. The Morgan fingerprint density at radius 2 is 2.14 bits per heavy atom. The first-order chi connectivity index (χ1) is 10.1. The molecular weight excluding hydrogens is 282 g/mol. The second-order valence-electron chi connectivity index (χ2n) is 5.70. The van der Waals surface area contributed by atoms with Gasteiger partial charge in [0.25, 0.3) is 0 Å². The van der Waals surface area contributed by atoms with Crippen LogP contribution in [0.4, 0.5) is 11.4 Å². The molecule has 1 aromatic carbocycles. The predicted molar refractivity (Wildman–Crippen MR) is 89.3 cm³/mol. The number of aryl methyl sites for hydroxylation is 1. The quantitative estimate of drug-likeness (QED) is 0.916. The van der Waals surface area contributed by atoms with E-state index in [1.54, 1.807) is 0 Å². The highest BCUT2D eigenvalue weighted by molar-refractivity contribution is 6.33. The van der Waals surface area contributed by atoms with Gasteiger partial charge >= 0.3 is 0 Å². The molecular formula is C17H20ClN3. The zero-order valence-corrected chi connectivity index (χ0v) is 13.2. The summed E-state index contributed by atoms with van der Waals surface area (Å²) in [5, 5.41) is 4.34. The van der Waals surface area contributed by atoms with Gasteiger partial charge in [0.05, 0.1) is 22.4 Å². The number of nitrogens with one attached hydrogen (secondary N) is 1. The molecule has 21 heavy (non-hydrogen) atoms. The van der Waals surface area contributed by atoms with Gasteiger partial charge in [-0.05, 0) is 49.1 Å². The Hall–Kier alpha value is -1.74. The number of hydrogen-bond acceptors (Lipinski definition) is 3. The average molecular weight is 302 g/mol. The maximum absolute atomic E-state index is 6.35. The minimum absolute atomic E-state index is 0.274. The molecule has 0 bridgehead atoms. The third-order valence-electron chi connectivity index (χ3n) is 3.97. The molecule has 0 saturated heterocycles. The third kappa shape index (κ3) is 2.98. The molecule has 1 aliphatic carbocycles. The lowest BCUT2D eigenvalue weighted by Gasteiger charge is -2.26. The highest BCUT2D eigenvalue weighted by atomic mass is 35.5. The number of rotatable bonds is 3. The zero-order valence-electron chi connectivity index (χ0n) is 12.4. The molecule has 1 unspecified atom stereocenters. The first kappa shape index (κ1) is 14.2. The van der Waals surface area contributed by atoms with E-state index < -0.39 is 0 Å². The van der Waals surface area contributed by atoms with Crippen molar-refractivity contribution >= 4 is 23.0 Å². The van der Waals surface area contributed by atoms with Gasteiger partial charge in [-0.2, -0.15) is 0 Å². The Bertz CT molecular complexity index is 640. The molecule has 3 nitrogen and oxygen atoms in total. The SMILES string of the molecule is CN(C)c1ccc(NC2CCCc3cccnc32)cc1Cl. The van der Waals surface area contributed by atoms with Gasteiger partial charge < -0.3 is 10.2 Å². The van der Waals surface area contributed by atoms with Crippen LogP contribution in [0.15, 0.2) is 36.5 Å². The van der Waals surface area contributed by atoms with Gasteiger partial charge in [-0.3, -0.25) is 4.98 Å². The molecule has 1 N–H and O–H groups in total. The minimum Gasteiger partial charge on any atom is -0.377 e. The number of halogens is 1. The molecule has 4 heteroatoms. The summed E-state index contributed by atoms with van der Waals surface area (Å²) in [6.45, 7) is 0. The minimum atomic E-state index is 0.274. The average Bonchev–Trinajstić information content (AvgIpc) is 2.47. The van der Waals surface area contributed by atoms with E-state index in [4.69, 9.17) is 11.6 Å². The molecule has 1 heterocycles. The molecule has 1 aliphatic rings. The normalized spacial score (nSPS) is 17.2. The van der Waals surface area contributed by atoms with Gasteiger partial charge in [0.15, 0.2) is 0 Å². The second kappa shape index (κ2) is 5.94. The van der Waals surface area contributed by atoms with Gasteiger partial charge in [-0.1, -0.05) is 17.7 Å². The number of pyridine rings is 1. The lowest BCUT2D eigenvalue weighted by molar-refractivity contribution is 0.583. The summed E-state index contributed by atoms with van der Waals surface area (Å²) in [5.74, 6) is 0. The summed E-state index contributed by atoms with van der Waals surface area (Å²) in [7, 11) is 3.99. The number of aromatic nitrogens is 1. The third-order valence-corrected chi connectivity index (χ3v) is 4.27. The van der Waals surface area contributed by atoms with Crippen LogP contribution in [-0.2, 0) is 6.42 Å². The summed E-state index contributed by atoms with van der Waals surface area (Å²) in [5.41, 5.74) is 4.62. The molecule has 3 rings (SSSR count). The van der Waals surface area contributed by atoms with Crippen LogP contribution in [0.3, 0.4) is 0 Å². The molecule has 0 aliphatic heterocycles. The van der Waals surface area contributed by atoms with Crippen molar-refractivity contribution in [2.75, 3.05) is 24.3 Å². The molecule has 1 aromatic heterocycles. The molecule has 0 radical (unpaired) electrons. The first-order valence-corrected chi connectivity index (χ1v) is 7.70. The van der Waals surface area contributed by atoms with E-state index in [0.29, 0.717) is 0 Å². The molecule has 0 amide bonds. The highest BCUT2D eigenvalue weighted by Crippen LogP contribution is 2.33. The summed E-state index contributed by atoms with van der Waals surface area (Å²) in [6, 6.07) is 10.6. The Morgan fingerprint density at radius 3 is 2.90 bits per heavy atom. The van der Waals surface area contributed by atoms with Crippen molar-refractivity contribution in [1.29, 1.82) is 0 Å². The molecule has 2 aromatic rings. The fourth-order valence-corrected chi connectivity index (χ4v) is 3.26. The Kier molecular flexibility index (Phi) is 4.02. The second-order valence-corrected chi connectivity index (χ2v) is 6.10. The van der Waals surface area contributed by atoms with Gasteiger partial charge in [-0.15, -0.1) is 0 Å². The number of benzene rings is 1. The number of fused-ring (bicyclic) bond motifs is 1. The van der Waals surface area contributed by atoms with Crippen molar-refractivity contribution in [2.24, 2.45) is 0 Å². The number of hydrogen-bond donors (Lipinski definition) is 1. The van der Waals surface area contributed by atoms with Gasteiger partial charge in [-0.25, -0.2) is 0 Å². The molecule has 0 fully saturated rings. The molecule has 0 saturated carbocycles. The van der Waals surface area contributed by atoms with E-state index in [-0.39, 0.29) is 6.04 Å². The first-order valence-electron chi connectivity index (χ1n) is 7.32. The van der Waals surface area contributed by atoms with Crippen molar-refractivity contribution in [1.82, 2.24) is 4.98 Å². The van der Waals surface area contributed by atoms with Crippen LogP contribution in [0.5, 0.6) is 0 Å². The zero-order chi connectivity index (χ0) is 14.8. The van der Waals surface area contributed by atoms with E-state index in [1.807, 2.05) is 43.4 Å². The lowest BCUT2D eigenvalue weighted by atomic mass is 9.92. The van der Waals surface area contributed by atoms with Gasteiger partial charge in [0.1, 0.15) is 0 Å². The van der Waals surface area contributed by atoms with Crippen molar-refractivity contribution in [3.63, 3.8) is 0 Å². The van der Waals surface area contributed by atoms with Crippen LogP contribution < -0.4 is 10.2 Å². The van der Waals surface area contributed by atoms with Crippen molar-refractivity contribution in [3.05, 3.63) is 52.8 Å². The standard InChI is InChI=1S/C17H20ClN3/c1-21(2)16-9-8-13(11-14(16)18)20-15-7-3-5-12-6-4-10-19-17(12)15/h4,6,8-11,15,20H,3,5,7H2,1-2H3. The molecule has 0 spiro atoms. The van der Waals surface area contributed by atoms with Crippen LogP contribution in [0.1, 0.15) is 30.1 Å².